The predicted octanol–water partition coefficient (Wildman–Crippen LogP) is 2.74. The Morgan fingerprint density at radius 1 is 1.39 bits per heavy atom. The third-order valence-corrected chi connectivity index (χ3v) is 1.78. The zero-order valence-corrected chi connectivity index (χ0v) is 8.79. The van der Waals surface area contributed by atoms with Crippen LogP contribution in [0.4, 0.5) is 22.0 Å². The number of carbonyl (C=O) groups is 1. The highest BCUT2D eigenvalue weighted by Crippen LogP contribution is 2.36. The van der Waals surface area contributed by atoms with Gasteiger partial charge in [0.25, 0.3) is 6.43 Å². The van der Waals surface area contributed by atoms with Crippen molar-refractivity contribution < 1.29 is 36.2 Å². The molecule has 0 aliphatic rings. The topological polar surface area (TPSA) is 48.4 Å². The Morgan fingerprint density at radius 3 is 2.39 bits per heavy atom. The molecule has 0 atom stereocenters. The fourth-order valence-electron chi connectivity index (χ4n) is 1.12. The number of alkyl halides is 5. The highest BCUT2D eigenvalue weighted by Gasteiger charge is 2.35. The van der Waals surface area contributed by atoms with Crippen LogP contribution in [0.2, 0.25) is 0 Å². The lowest BCUT2D eigenvalue weighted by Gasteiger charge is -2.15. The largest absolute Gasteiger partial charge is 0.573 e. The summed E-state index contributed by atoms with van der Waals surface area (Å²) < 4.78 is 69.2. The first-order valence-corrected chi connectivity index (χ1v) is 4.36. The maximum atomic E-state index is 12.6. The van der Waals surface area contributed by atoms with Crippen LogP contribution in [0.25, 0.3) is 0 Å². The molecule has 0 aliphatic carbocycles. The number of carbonyl (C=O) groups excluding carboxylic acids is 1. The summed E-state index contributed by atoms with van der Waals surface area (Å²) in [5.74, 6) is -1.74. The van der Waals surface area contributed by atoms with Gasteiger partial charge in [-0.25, -0.2) is 13.8 Å². The zero-order chi connectivity index (χ0) is 13.9. The lowest BCUT2D eigenvalue weighted by atomic mass is 10.2. The van der Waals surface area contributed by atoms with Crippen LogP contribution >= 0.6 is 0 Å². The van der Waals surface area contributed by atoms with Gasteiger partial charge in [-0.15, -0.1) is 13.2 Å². The number of rotatable bonds is 4. The van der Waals surface area contributed by atoms with Crippen molar-refractivity contribution in [3.05, 3.63) is 17.3 Å². The minimum absolute atomic E-state index is 0.129. The molecule has 100 valence electrons. The first-order valence-electron chi connectivity index (χ1n) is 4.36. The van der Waals surface area contributed by atoms with Crippen molar-refractivity contribution in [3.8, 4) is 11.6 Å². The van der Waals surface area contributed by atoms with Crippen LogP contribution in [0.3, 0.4) is 0 Å². The standard InChI is InChI=1S/C9H6F5NO3/c1-17-6-2-4(8(10)11)7(5(3-16)15-6)18-9(12,13)14/h2-3,8H,1H3. The molecular formula is C9H6F5NO3. The Morgan fingerprint density at radius 2 is 2.00 bits per heavy atom. The Hall–Kier alpha value is -1.93. The fraction of sp³-hybridized carbons (Fsp3) is 0.333. The second kappa shape index (κ2) is 5.15. The number of methoxy groups -OCH3 is 1. The van der Waals surface area contributed by atoms with Gasteiger partial charge in [0, 0.05) is 6.07 Å². The van der Waals surface area contributed by atoms with E-state index in [0.29, 0.717) is 6.07 Å². The number of hydrogen-bond acceptors (Lipinski definition) is 4. The van der Waals surface area contributed by atoms with Crippen molar-refractivity contribution in [2.75, 3.05) is 7.11 Å². The van der Waals surface area contributed by atoms with Gasteiger partial charge < -0.3 is 9.47 Å². The molecule has 0 saturated heterocycles. The molecule has 0 bridgehead atoms. The van der Waals surface area contributed by atoms with Crippen LogP contribution in [-0.4, -0.2) is 24.7 Å². The fourth-order valence-corrected chi connectivity index (χ4v) is 1.12. The van der Waals surface area contributed by atoms with Crippen LogP contribution in [0.15, 0.2) is 6.07 Å². The van der Waals surface area contributed by atoms with Gasteiger partial charge in [-0.05, 0) is 0 Å². The van der Waals surface area contributed by atoms with Gasteiger partial charge in [0.15, 0.2) is 12.0 Å². The molecule has 0 unspecified atom stereocenters. The zero-order valence-electron chi connectivity index (χ0n) is 8.79. The van der Waals surface area contributed by atoms with Crippen molar-refractivity contribution in [1.29, 1.82) is 0 Å². The van der Waals surface area contributed by atoms with E-state index in [0.717, 1.165) is 7.11 Å². The molecular weight excluding hydrogens is 265 g/mol. The minimum atomic E-state index is -5.21. The number of halogens is 5. The van der Waals surface area contributed by atoms with E-state index in [4.69, 9.17) is 0 Å². The molecule has 0 N–H and O–H groups in total. The monoisotopic (exact) mass is 271 g/mol. The van der Waals surface area contributed by atoms with E-state index >= 15 is 0 Å². The molecule has 0 amide bonds. The lowest BCUT2D eigenvalue weighted by Crippen LogP contribution is -2.20. The molecule has 1 aromatic heterocycles. The number of ether oxygens (including phenoxy) is 2. The average molecular weight is 271 g/mol. The minimum Gasteiger partial charge on any atom is -0.481 e. The van der Waals surface area contributed by atoms with Crippen LogP contribution in [0.5, 0.6) is 11.6 Å². The molecule has 0 saturated carbocycles. The first-order chi connectivity index (χ1) is 8.28. The van der Waals surface area contributed by atoms with E-state index in [1.807, 2.05) is 0 Å². The van der Waals surface area contributed by atoms with Crippen LogP contribution in [-0.2, 0) is 0 Å². The van der Waals surface area contributed by atoms with Crippen molar-refractivity contribution in [1.82, 2.24) is 4.98 Å². The molecule has 0 spiro atoms. The summed E-state index contributed by atoms with van der Waals surface area (Å²) in [4.78, 5) is 13.8. The summed E-state index contributed by atoms with van der Waals surface area (Å²) in [7, 11) is 1.07. The van der Waals surface area contributed by atoms with Crippen molar-refractivity contribution in [2.45, 2.75) is 12.8 Å². The molecule has 1 rings (SSSR count). The van der Waals surface area contributed by atoms with Gasteiger partial charge in [0.05, 0.1) is 12.7 Å². The van der Waals surface area contributed by atoms with E-state index in [9.17, 15) is 26.7 Å². The Labute approximate surface area is 97.3 Å². The number of nitrogens with zero attached hydrogens (tertiary/aromatic N) is 1. The van der Waals surface area contributed by atoms with Gasteiger partial charge in [-0.1, -0.05) is 0 Å². The number of aromatic nitrogens is 1. The third-order valence-electron chi connectivity index (χ3n) is 1.78. The molecule has 18 heavy (non-hydrogen) atoms. The van der Waals surface area contributed by atoms with Crippen LogP contribution < -0.4 is 9.47 Å². The third kappa shape index (κ3) is 3.28. The second-order valence-electron chi connectivity index (χ2n) is 2.93. The van der Waals surface area contributed by atoms with Gasteiger partial charge >= 0.3 is 6.36 Å². The maximum Gasteiger partial charge on any atom is 0.573 e. The van der Waals surface area contributed by atoms with Crippen molar-refractivity contribution >= 4 is 6.29 Å². The first kappa shape index (κ1) is 14.1. The van der Waals surface area contributed by atoms with Gasteiger partial charge in [-0.3, -0.25) is 4.79 Å². The Bertz CT molecular complexity index is 447. The molecule has 1 aromatic rings. The lowest BCUT2D eigenvalue weighted by molar-refractivity contribution is -0.275. The Kier molecular flexibility index (Phi) is 4.04. The molecule has 0 fully saturated rings. The summed E-state index contributed by atoms with van der Waals surface area (Å²) in [5.41, 5.74) is -2.04. The van der Waals surface area contributed by atoms with Crippen LogP contribution in [0, 0.1) is 0 Å². The van der Waals surface area contributed by atoms with E-state index in [2.05, 4.69) is 14.5 Å². The van der Waals surface area contributed by atoms with Crippen molar-refractivity contribution in [3.63, 3.8) is 0 Å². The molecule has 0 aromatic carbocycles. The number of pyridine rings is 1. The normalized spacial score (nSPS) is 11.5. The summed E-state index contributed by atoms with van der Waals surface area (Å²) in [6.45, 7) is 0. The molecule has 0 aliphatic heterocycles. The van der Waals surface area contributed by atoms with Crippen LogP contribution in [0.1, 0.15) is 22.5 Å². The summed E-state index contributed by atoms with van der Waals surface area (Å²) in [6.07, 6.45) is -8.62. The maximum absolute atomic E-state index is 12.6. The number of aldehydes is 1. The molecule has 0 radical (unpaired) electrons. The summed E-state index contributed by atoms with van der Waals surface area (Å²) in [6, 6.07) is 0.568. The van der Waals surface area contributed by atoms with E-state index in [1.165, 1.54) is 0 Å². The van der Waals surface area contributed by atoms with Crippen molar-refractivity contribution in [2.24, 2.45) is 0 Å². The Balaban J connectivity index is 3.39. The highest BCUT2D eigenvalue weighted by molar-refractivity contribution is 5.77. The van der Waals surface area contributed by atoms with E-state index < -0.39 is 35.7 Å². The van der Waals surface area contributed by atoms with Gasteiger partial charge in [-0.2, -0.15) is 0 Å². The summed E-state index contributed by atoms with van der Waals surface area (Å²) >= 11 is 0. The summed E-state index contributed by atoms with van der Waals surface area (Å²) in [5, 5.41) is 0. The van der Waals surface area contributed by atoms with Gasteiger partial charge in [0.2, 0.25) is 5.88 Å². The van der Waals surface area contributed by atoms with E-state index in [1.54, 1.807) is 0 Å². The molecule has 4 nitrogen and oxygen atoms in total. The molecule has 1 heterocycles. The average Bonchev–Trinajstić information content (AvgIpc) is 2.26. The number of hydrogen-bond donors (Lipinski definition) is 0. The van der Waals surface area contributed by atoms with Gasteiger partial charge in [0.1, 0.15) is 5.69 Å². The second-order valence-corrected chi connectivity index (χ2v) is 2.93. The highest BCUT2D eigenvalue weighted by atomic mass is 19.4. The SMILES string of the molecule is COc1cc(C(F)F)c(OC(F)(F)F)c(C=O)n1. The van der Waals surface area contributed by atoms with E-state index in [-0.39, 0.29) is 6.29 Å². The smallest absolute Gasteiger partial charge is 0.481 e. The molecule has 9 heteroatoms. The quantitative estimate of drug-likeness (QED) is 0.624. The predicted molar refractivity (Wildman–Crippen MR) is 47.8 cm³/mol.